The molecule has 0 aromatic heterocycles. The van der Waals surface area contributed by atoms with Gasteiger partial charge in [-0.25, -0.2) is 0 Å². The van der Waals surface area contributed by atoms with Gasteiger partial charge in [-0.05, 0) is 0 Å². The SMILES string of the molecule is C1=C[CH]([Hf](=[C](c2ccccc2)c2ccccc2)[CH]2c3ccccc3-c3ccccc32)c2ccccc21.Cl.Cl. The fraction of sp³-hybridized carbons (Fsp3) is 0.0571. The largest absolute Gasteiger partial charge is 0.147 e. The van der Waals surface area contributed by atoms with E-state index in [-0.39, 0.29) is 24.8 Å². The first kappa shape index (κ1) is 26.8. The second-order valence-electron chi connectivity index (χ2n) is 9.64. The predicted molar refractivity (Wildman–Crippen MR) is 163 cm³/mol. The Bertz CT molecular complexity index is 1550. The molecule has 0 bridgehead atoms. The fourth-order valence-corrected chi connectivity index (χ4v) is 20.7. The van der Waals surface area contributed by atoms with Gasteiger partial charge in [-0.2, -0.15) is 0 Å². The molecule has 7 rings (SSSR count). The van der Waals surface area contributed by atoms with E-state index < -0.39 is 21.0 Å². The molecule has 0 radical (unpaired) electrons. The van der Waals surface area contributed by atoms with Crippen LogP contribution >= 0.6 is 24.8 Å². The van der Waals surface area contributed by atoms with E-state index in [1.165, 1.54) is 44.5 Å². The Morgan fingerprint density at radius 2 is 0.921 bits per heavy atom. The van der Waals surface area contributed by atoms with E-state index >= 15 is 0 Å². The summed E-state index contributed by atoms with van der Waals surface area (Å²) in [4.78, 5) is 0. The Balaban J connectivity index is 0.00000147. The molecule has 0 saturated heterocycles. The standard InChI is InChI=1S/C13H9.C13H10.C9H7.2ClH.Hf/c1-3-7-12-10(5-1)9-11-6-2-4-8-13(11)12;1-3-7-12(8-4-1)11-13-9-5-2-6-10-13;1-2-5-9-7-3-6-8(9)4-1;;;/h1-9H;1-10H;1-7H;2*1H;. The van der Waals surface area contributed by atoms with Crippen LogP contribution in [0.5, 0.6) is 0 Å². The molecule has 0 fully saturated rings. The van der Waals surface area contributed by atoms with Gasteiger partial charge in [-0.1, -0.05) is 0 Å². The fourth-order valence-electron chi connectivity index (χ4n) is 6.20. The minimum absolute atomic E-state index is 0. The summed E-state index contributed by atoms with van der Waals surface area (Å²) in [6.07, 6.45) is 4.92. The summed E-state index contributed by atoms with van der Waals surface area (Å²) in [6.45, 7) is 0. The maximum absolute atomic E-state index is 2.87. The summed E-state index contributed by atoms with van der Waals surface area (Å²) < 4.78 is 2.59. The van der Waals surface area contributed by atoms with Crippen LogP contribution in [-0.2, 0) is 21.0 Å². The zero-order valence-electron chi connectivity index (χ0n) is 20.8. The molecule has 38 heavy (non-hydrogen) atoms. The number of rotatable bonds is 4. The molecule has 186 valence electrons. The summed E-state index contributed by atoms with van der Waals surface area (Å²) in [5.41, 5.74) is 11.6. The minimum Gasteiger partial charge on any atom is -0.147 e. The molecule has 0 nitrogen and oxygen atoms in total. The van der Waals surface area contributed by atoms with Crippen molar-refractivity contribution in [2.45, 2.75) is 7.35 Å². The van der Waals surface area contributed by atoms with Crippen LogP contribution in [0, 0.1) is 0 Å². The Morgan fingerprint density at radius 3 is 1.47 bits per heavy atom. The number of hydrogen-bond acceptors (Lipinski definition) is 0. The van der Waals surface area contributed by atoms with Crippen molar-refractivity contribution >= 4 is 34.1 Å². The molecule has 2 aliphatic rings. The normalized spacial score (nSPS) is 14.5. The summed E-state index contributed by atoms with van der Waals surface area (Å²) in [5.74, 6) is 0. The van der Waals surface area contributed by atoms with Gasteiger partial charge in [0.05, 0.1) is 0 Å². The molecule has 2 aliphatic carbocycles. The van der Waals surface area contributed by atoms with E-state index in [0.29, 0.717) is 7.35 Å². The van der Waals surface area contributed by atoms with Crippen LogP contribution in [0.25, 0.3) is 17.2 Å². The van der Waals surface area contributed by atoms with Crippen molar-refractivity contribution in [2.24, 2.45) is 0 Å². The first-order valence-corrected chi connectivity index (χ1v) is 18.6. The molecule has 5 aromatic carbocycles. The van der Waals surface area contributed by atoms with E-state index in [1.54, 1.807) is 3.26 Å². The molecular weight excluding hydrogens is 670 g/mol. The summed E-state index contributed by atoms with van der Waals surface area (Å²) in [5, 5.41) is 0. The van der Waals surface area contributed by atoms with Crippen molar-refractivity contribution in [3.8, 4) is 11.1 Å². The quantitative estimate of drug-likeness (QED) is 0.164. The van der Waals surface area contributed by atoms with Gasteiger partial charge in [0.2, 0.25) is 0 Å². The van der Waals surface area contributed by atoms with Crippen molar-refractivity contribution in [3.63, 3.8) is 0 Å². The summed E-state index contributed by atoms with van der Waals surface area (Å²) in [7, 11) is 0. The molecule has 3 heteroatoms. The topological polar surface area (TPSA) is 0 Å². The van der Waals surface area contributed by atoms with Gasteiger partial charge in [0.1, 0.15) is 0 Å². The Hall–Kier alpha value is -2.84. The van der Waals surface area contributed by atoms with Crippen LogP contribution in [0.2, 0.25) is 0 Å². The second kappa shape index (κ2) is 11.5. The number of hydrogen-bond donors (Lipinski definition) is 0. The third kappa shape index (κ3) is 4.51. The van der Waals surface area contributed by atoms with Crippen molar-refractivity contribution < 1.29 is 21.0 Å². The summed E-state index contributed by atoms with van der Waals surface area (Å²) in [6, 6.07) is 49.9. The average molecular weight is 698 g/mol. The smallest absolute Gasteiger partial charge is 0.147 e. The molecule has 0 aliphatic heterocycles. The van der Waals surface area contributed by atoms with Crippen LogP contribution in [-0.4, -0.2) is 3.26 Å². The molecule has 0 saturated carbocycles. The van der Waals surface area contributed by atoms with Gasteiger partial charge in [0.15, 0.2) is 0 Å². The Kier molecular flexibility index (Phi) is 8.09. The zero-order chi connectivity index (χ0) is 23.9. The maximum Gasteiger partial charge on any atom is -0.147 e. The van der Waals surface area contributed by atoms with Crippen molar-refractivity contribution in [3.05, 3.63) is 173 Å². The van der Waals surface area contributed by atoms with E-state index in [9.17, 15) is 0 Å². The van der Waals surface area contributed by atoms with Crippen LogP contribution < -0.4 is 0 Å². The van der Waals surface area contributed by atoms with Crippen molar-refractivity contribution in [1.29, 1.82) is 0 Å². The number of allylic oxidation sites excluding steroid dienone is 1. The predicted octanol–water partition coefficient (Wildman–Crippen LogP) is 9.26. The van der Waals surface area contributed by atoms with Gasteiger partial charge in [-0.3, -0.25) is 0 Å². The molecule has 0 N–H and O–H groups in total. The van der Waals surface area contributed by atoms with Crippen molar-refractivity contribution in [2.75, 3.05) is 0 Å². The molecule has 0 amide bonds. The molecule has 1 atom stereocenters. The Labute approximate surface area is 244 Å². The van der Waals surface area contributed by atoms with Gasteiger partial charge in [-0.15, -0.1) is 24.8 Å². The number of halogens is 2. The van der Waals surface area contributed by atoms with Crippen LogP contribution in [0.4, 0.5) is 0 Å². The van der Waals surface area contributed by atoms with Crippen LogP contribution in [0.1, 0.15) is 40.7 Å². The van der Waals surface area contributed by atoms with E-state index in [0.717, 1.165) is 0 Å². The van der Waals surface area contributed by atoms with Gasteiger partial charge in [0, 0.05) is 0 Å². The molecular formula is C35H28Cl2Hf. The van der Waals surface area contributed by atoms with Gasteiger partial charge in [0.25, 0.3) is 0 Å². The molecule has 1 unspecified atom stereocenters. The van der Waals surface area contributed by atoms with Crippen molar-refractivity contribution in [1.82, 2.24) is 0 Å². The number of benzene rings is 5. The third-order valence-electron chi connectivity index (χ3n) is 7.69. The van der Waals surface area contributed by atoms with Gasteiger partial charge < -0.3 is 0 Å². The third-order valence-corrected chi connectivity index (χ3v) is 20.5. The molecule has 5 aromatic rings. The van der Waals surface area contributed by atoms with Gasteiger partial charge >= 0.3 is 222 Å². The zero-order valence-corrected chi connectivity index (χ0v) is 26.1. The molecule has 0 heterocycles. The molecule has 0 spiro atoms. The number of fused-ring (bicyclic) bond motifs is 4. The van der Waals surface area contributed by atoms with Crippen LogP contribution in [0.15, 0.2) is 140 Å². The van der Waals surface area contributed by atoms with E-state index in [1.807, 2.05) is 0 Å². The average Bonchev–Trinajstić information content (AvgIpc) is 3.52. The maximum atomic E-state index is 2.54. The first-order chi connectivity index (χ1) is 17.9. The Morgan fingerprint density at radius 1 is 0.474 bits per heavy atom. The first-order valence-electron chi connectivity index (χ1n) is 12.7. The minimum atomic E-state index is -2.87. The van der Waals surface area contributed by atoms with E-state index in [4.69, 9.17) is 0 Å². The second-order valence-corrected chi connectivity index (χ2v) is 19.0. The van der Waals surface area contributed by atoms with Crippen LogP contribution in [0.3, 0.4) is 0 Å². The summed E-state index contributed by atoms with van der Waals surface area (Å²) >= 11 is -2.87. The van der Waals surface area contributed by atoms with E-state index in [2.05, 4.69) is 146 Å². The monoisotopic (exact) mass is 698 g/mol.